The van der Waals surface area contributed by atoms with Crippen molar-refractivity contribution >= 4 is 34.3 Å². The zero-order valence-corrected chi connectivity index (χ0v) is 21.6. The number of para-hydroxylation sites is 1. The number of nitrogens with one attached hydrogen (secondary N) is 2. The number of benzene rings is 2. The smallest absolute Gasteiger partial charge is 0.344 e. The maximum Gasteiger partial charge on any atom is 0.416 e. The van der Waals surface area contributed by atoms with Crippen LogP contribution in [0.5, 0.6) is 0 Å². The molecule has 11 heteroatoms. The molecule has 1 atom stereocenters. The summed E-state index contributed by atoms with van der Waals surface area (Å²) in [6, 6.07) is 12.5. The number of likely N-dealkylation sites (N-methyl/N-ethyl adjacent to an activating group) is 1. The highest BCUT2D eigenvalue weighted by Crippen LogP contribution is 2.29. The van der Waals surface area contributed by atoms with E-state index >= 15 is 0 Å². The molecule has 0 aliphatic rings. The summed E-state index contributed by atoms with van der Waals surface area (Å²) in [5.41, 5.74) is 6.31. The first-order chi connectivity index (χ1) is 18.6. The van der Waals surface area contributed by atoms with E-state index in [1.807, 2.05) is 31.2 Å². The number of hydrogen-bond donors (Lipinski definition) is 3. The first-order valence-corrected chi connectivity index (χ1v) is 12.7. The average Bonchev–Trinajstić information content (AvgIpc) is 2.91. The first-order valence-electron chi connectivity index (χ1n) is 12.7. The van der Waals surface area contributed by atoms with Crippen LogP contribution in [0.25, 0.3) is 10.9 Å². The minimum atomic E-state index is -4.48. The van der Waals surface area contributed by atoms with Crippen molar-refractivity contribution < 1.29 is 27.6 Å². The van der Waals surface area contributed by atoms with Crippen LogP contribution in [0.4, 0.5) is 18.9 Å². The van der Waals surface area contributed by atoms with Gasteiger partial charge in [-0.1, -0.05) is 30.3 Å². The van der Waals surface area contributed by atoms with E-state index in [2.05, 4.69) is 15.6 Å². The SMILES string of the molecule is CCN(CCN)C(=O)CCCC(=O)NC(Cc1ccc(C(F)(F)F)cc1)C(=O)Nc1cnc2ccccc2c1. The van der Waals surface area contributed by atoms with Crippen LogP contribution in [0.2, 0.25) is 0 Å². The van der Waals surface area contributed by atoms with Gasteiger partial charge in [0.2, 0.25) is 17.7 Å². The van der Waals surface area contributed by atoms with E-state index in [9.17, 15) is 27.6 Å². The number of alkyl halides is 3. The Kier molecular flexibility index (Phi) is 10.4. The van der Waals surface area contributed by atoms with Crippen molar-refractivity contribution in [3.05, 3.63) is 71.9 Å². The van der Waals surface area contributed by atoms with E-state index in [1.165, 1.54) is 18.3 Å². The molecule has 3 aromatic rings. The lowest BCUT2D eigenvalue weighted by Gasteiger charge is -2.21. The maximum atomic E-state index is 13.2. The number of rotatable bonds is 12. The third kappa shape index (κ3) is 8.78. The second-order valence-corrected chi connectivity index (χ2v) is 9.04. The molecule has 0 saturated carbocycles. The van der Waals surface area contributed by atoms with Gasteiger partial charge in [-0.25, -0.2) is 0 Å². The van der Waals surface area contributed by atoms with Gasteiger partial charge in [-0.3, -0.25) is 19.4 Å². The topological polar surface area (TPSA) is 117 Å². The van der Waals surface area contributed by atoms with Gasteiger partial charge < -0.3 is 21.3 Å². The fraction of sp³-hybridized carbons (Fsp3) is 0.357. The van der Waals surface area contributed by atoms with Crippen LogP contribution in [0, 0.1) is 0 Å². The second-order valence-electron chi connectivity index (χ2n) is 9.04. The molecule has 39 heavy (non-hydrogen) atoms. The molecule has 2 aromatic carbocycles. The Morgan fingerprint density at radius 3 is 2.44 bits per heavy atom. The van der Waals surface area contributed by atoms with E-state index in [1.54, 1.807) is 11.0 Å². The average molecular weight is 544 g/mol. The fourth-order valence-electron chi connectivity index (χ4n) is 4.08. The van der Waals surface area contributed by atoms with Crippen molar-refractivity contribution in [1.29, 1.82) is 0 Å². The van der Waals surface area contributed by atoms with Crippen LogP contribution in [0.3, 0.4) is 0 Å². The molecular weight excluding hydrogens is 511 g/mol. The molecule has 0 spiro atoms. The van der Waals surface area contributed by atoms with Crippen LogP contribution >= 0.6 is 0 Å². The molecule has 1 unspecified atom stereocenters. The van der Waals surface area contributed by atoms with Crippen LogP contribution in [-0.4, -0.2) is 53.3 Å². The molecule has 1 heterocycles. The molecule has 0 bridgehead atoms. The zero-order chi connectivity index (χ0) is 28.4. The number of halogens is 3. The summed E-state index contributed by atoms with van der Waals surface area (Å²) >= 11 is 0. The monoisotopic (exact) mass is 543 g/mol. The van der Waals surface area contributed by atoms with Crippen LogP contribution in [0.15, 0.2) is 60.8 Å². The maximum absolute atomic E-state index is 13.2. The first kappa shape index (κ1) is 29.6. The Morgan fingerprint density at radius 2 is 1.77 bits per heavy atom. The molecule has 4 N–H and O–H groups in total. The van der Waals surface area contributed by atoms with Gasteiger partial charge >= 0.3 is 6.18 Å². The largest absolute Gasteiger partial charge is 0.416 e. The van der Waals surface area contributed by atoms with E-state index in [4.69, 9.17) is 5.73 Å². The van der Waals surface area contributed by atoms with Crippen molar-refractivity contribution in [2.75, 3.05) is 25.0 Å². The number of nitrogens with two attached hydrogens (primary N) is 1. The summed E-state index contributed by atoms with van der Waals surface area (Å²) in [5.74, 6) is -1.11. The van der Waals surface area contributed by atoms with Crippen molar-refractivity contribution in [1.82, 2.24) is 15.2 Å². The molecule has 3 amide bonds. The highest BCUT2D eigenvalue weighted by atomic mass is 19.4. The number of anilines is 1. The van der Waals surface area contributed by atoms with Crippen molar-refractivity contribution in [2.45, 2.75) is 44.8 Å². The van der Waals surface area contributed by atoms with E-state index in [0.29, 0.717) is 30.9 Å². The number of pyridine rings is 1. The highest BCUT2D eigenvalue weighted by Gasteiger charge is 2.30. The zero-order valence-electron chi connectivity index (χ0n) is 21.6. The van der Waals surface area contributed by atoms with Crippen LogP contribution in [0.1, 0.15) is 37.3 Å². The summed E-state index contributed by atoms with van der Waals surface area (Å²) in [6.07, 6.45) is -2.60. The second kappa shape index (κ2) is 13.7. The van der Waals surface area contributed by atoms with E-state index in [-0.39, 0.29) is 31.6 Å². The Labute approximate surface area is 224 Å². The molecule has 0 aliphatic carbocycles. The number of carbonyl (C=O) groups excluding carboxylic acids is 3. The minimum Gasteiger partial charge on any atom is -0.344 e. The predicted molar refractivity (Wildman–Crippen MR) is 143 cm³/mol. The molecule has 0 radical (unpaired) electrons. The lowest BCUT2D eigenvalue weighted by molar-refractivity contribution is -0.137. The summed E-state index contributed by atoms with van der Waals surface area (Å²) in [4.78, 5) is 44.1. The Bertz CT molecular complexity index is 1280. The van der Waals surface area contributed by atoms with Gasteiger partial charge in [-0.2, -0.15) is 13.2 Å². The standard InChI is InChI=1S/C28H32F3N5O3/c1-2-36(15-14-32)26(38)9-5-8-25(37)35-24(16-19-10-12-21(13-11-19)28(29,30)31)27(39)34-22-17-20-6-3-4-7-23(20)33-18-22/h3-4,6-7,10-13,17-18,24H,2,5,8-9,14-16,32H2,1H3,(H,34,39)(H,35,37). The number of carbonyl (C=O) groups is 3. The van der Waals surface area contributed by atoms with Gasteiger partial charge in [0.15, 0.2) is 0 Å². The van der Waals surface area contributed by atoms with E-state index in [0.717, 1.165) is 23.0 Å². The van der Waals surface area contributed by atoms with Crippen LogP contribution in [-0.2, 0) is 27.0 Å². The van der Waals surface area contributed by atoms with Crippen LogP contribution < -0.4 is 16.4 Å². The molecule has 0 fully saturated rings. The van der Waals surface area contributed by atoms with Gasteiger partial charge in [0.1, 0.15) is 6.04 Å². The van der Waals surface area contributed by atoms with Crippen molar-refractivity contribution in [3.8, 4) is 0 Å². The molecule has 0 aliphatic heterocycles. The Hall–Kier alpha value is -3.99. The summed E-state index contributed by atoms with van der Waals surface area (Å²) < 4.78 is 38.9. The third-order valence-corrected chi connectivity index (χ3v) is 6.16. The van der Waals surface area contributed by atoms with Gasteiger partial charge in [0.05, 0.1) is 23.0 Å². The van der Waals surface area contributed by atoms with Crippen molar-refractivity contribution in [2.24, 2.45) is 5.73 Å². The van der Waals surface area contributed by atoms with Crippen molar-refractivity contribution in [3.63, 3.8) is 0 Å². The predicted octanol–water partition coefficient (Wildman–Crippen LogP) is 3.90. The third-order valence-electron chi connectivity index (χ3n) is 6.16. The number of hydrogen-bond acceptors (Lipinski definition) is 5. The Morgan fingerprint density at radius 1 is 1.05 bits per heavy atom. The molecule has 3 rings (SSSR count). The molecule has 8 nitrogen and oxygen atoms in total. The van der Waals surface area contributed by atoms with Gasteiger partial charge in [-0.05, 0) is 43.2 Å². The number of nitrogens with zero attached hydrogens (tertiary/aromatic N) is 2. The number of fused-ring (bicyclic) bond motifs is 1. The molecule has 208 valence electrons. The van der Waals surface area contributed by atoms with E-state index < -0.39 is 29.6 Å². The van der Waals surface area contributed by atoms with Gasteiger partial charge in [0.25, 0.3) is 0 Å². The lowest BCUT2D eigenvalue weighted by Crippen LogP contribution is -2.45. The minimum absolute atomic E-state index is 0.000239. The van der Waals surface area contributed by atoms with Gasteiger partial charge in [0, 0.05) is 44.3 Å². The Balaban J connectivity index is 1.69. The number of amides is 3. The molecule has 1 aromatic heterocycles. The summed E-state index contributed by atoms with van der Waals surface area (Å²) in [7, 11) is 0. The molecule has 0 saturated heterocycles. The summed E-state index contributed by atoms with van der Waals surface area (Å²) in [5, 5.41) is 6.21. The quantitative estimate of drug-likeness (QED) is 0.320. The summed E-state index contributed by atoms with van der Waals surface area (Å²) in [6.45, 7) is 3.13. The highest BCUT2D eigenvalue weighted by molar-refractivity contribution is 5.98. The van der Waals surface area contributed by atoms with Gasteiger partial charge in [-0.15, -0.1) is 0 Å². The normalized spacial score (nSPS) is 12.1. The molecular formula is C28H32F3N5O3. The number of aromatic nitrogens is 1. The lowest BCUT2D eigenvalue weighted by atomic mass is 10.0. The fourth-order valence-corrected chi connectivity index (χ4v) is 4.08.